The van der Waals surface area contributed by atoms with Gasteiger partial charge in [0, 0.05) is 70.6 Å². The molecule has 272 valence electrons. The molecule has 7 heteroatoms. The average molecular weight is 736 g/mol. The Balaban J connectivity index is 1.32. The molecular formula is C50H37N7. The zero-order valence-electron chi connectivity index (χ0n) is 31.3. The maximum Gasteiger partial charge on any atom is 0.160 e. The standard InChI is InChI=1S/C50H37N7/c1-34-10-5-21-44(27-51-26-34)37-14-7-18-41(23-37)48-47(40-17-6-13-36(22-40)35-11-3-2-4-12-35)49(42-19-8-15-38(24-42)45-28-52-32-53-29-45)57-50(56-48)43-20-9-16-39(25-43)46-30-54-33-55-31-46/h2-9,11-34H,10H2,1H3. The lowest BCUT2D eigenvalue weighted by Gasteiger charge is -2.19. The number of allylic oxidation sites excluding steroid dienone is 3. The van der Waals surface area contributed by atoms with Gasteiger partial charge in [-0.2, -0.15) is 0 Å². The van der Waals surface area contributed by atoms with Gasteiger partial charge in [-0.25, -0.2) is 29.9 Å². The number of benzene rings is 5. The molecule has 8 aromatic rings. The predicted octanol–water partition coefficient (Wildman–Crippen LogP) is 11.7. The Morgan fingerprint density at radius 2 is 0.930 bits per heavy atom. The SMILES string of the molecule is CC1C=NC=C(c2cccc(-c3nc(-c4cccc(-c5cncnc5)c4)nc(-c4cccc(-c5cncnc5)c4)c3-c3cccc(-c4ccccc4)c3)c2)C=CC1. The normalized spacial score (nSPS) is 13.8. The van der Waals surface area contributed by atoms with Crippen LogP contribution in [0.5, 0.6) is 0 Å². The lowest BCUT2D eigenvalue weighted by Crippen LogP contribution is -2.02. The summed E-state index contributed by atoms with van der Waals surface area (Å²) in [6.45, 7) is 2.18. The van der Waals surface area contributed by atoms with Gasteiger partial charge in [0.1, 0.15) is 12.7 Å². The summed E-state index contributed by atoms with van der Waals surface area (Å²) in [5.41, 5.74) is 14.5. The third-order valence-corrected chi connectivity index (χ3v) is 10.0. The molecule has 0 fully saturated rings. The van der Waals surface area contributed by atoms with Crippen LogP contribution >= 0.6 is 0 Å². The number of hydrogen-bond acceptors (Lipinski definition) is 7. The highest BCUT2D eigenvalue weighted by Crippen LogP contribution is 2.42. The highest BCUT2D eigenvalue weighted by molar-refractivity contribution is 5.95. The van der Waals surface area contributed by atoms with E-state index in [2.05, 4.69) is 159 Å². The fraction of sp³-hybridized carbons (Fsp3) is 0.0600. The smallest absolute Gasteiger partial charge is 0.160 e. The fourth-order valence-corrected chi connectivity index (χ4v) is 7.15. The van der Waals surface area contributed by atoms with Gasteiger partial charge in [0.25, 0.3) is 0 Å². The van der Waals surface area contributed by atoms with Gasteiger partial charge in [0.15, 0.2) is 5.82 Å². The van der Waals surface area contributed by atoms with Gasteiger partial charge >= 0.3 is 0 Å². The lowest BCUT2D eigenvalue weighted by molar-refractivity contribution is 0.807. The summed E-state index contributed by atoms with van der Waals surface area (Å²) < 4.78 is 0. The quantitative estimate of drug-likeness (QED) is 0.154. The number of hydrogen-bond donors (Lipinski definition) is 0. The van der Waals surface area contributed by atoms with Gasteiger partial charge in [0.05, 0.1) is 11.4 Å². The van der Waals surface area contributed by atoms with Crippen molar-refractivity contribution in [1.82, 2.24) is 29.9 Å². The molecule has 9 rings (SSSR count). The molecular weight excluding hydrogens is 699 g/mol. The van der Waals surface area contributed by atoms with Crippen molar-refractivity contribution in [3.63, 3.8) is 0 Å². The van der Waals surface area contributed by atoms with E-state index in [0.717, 1.165) is 90.1 Å². The minimum atomic E-state index is 0.387. The van der Waals surface area contributed by atoms with E-state index in [9.17, 15) is 0 Å². The van der Waals surface area contributed by atoms with E-state index in [1.807, 2.05) is 49.3 Å². The molecule has 0 spiro atoms. The molecule has 0 bridgehead atoms. The highest BCUT2D eigenvalue weighted by atomic mass is 14.9. The first-order valence-corrected chi connectivity index (χ1v) is 19.0. The van der Waals surface area contributed by atoms with Crippen LogP contribution in [0.4, 0.5) is 0 Å². The first kappa shape index (κ1) is 35.2. The average Bonchev–Trinajstić information content (AvgIpc) is 3.28. The summed E-state index contributed by atoms with van der Waals surface area (Å²) in [4.78, 5) is 32.8. The van der Waals surface area contributed by atoms with Gasteiger partial charge in [-0.3, -0.25) is 4.99 Å². The van der Waals surface area contributed by atoms with Crippen LogP contribution in [0.3, 0.4) is 0 Å². The minimum absolute atomic E-state index is 0.387. The van der Waals surface area contributed by atoms with Crippen LogP contribution in [0.2, 0.25) is 0 Å². The van der Waals surface area contributed by atoms with Crippen molar-refractivity contribution >= 4 is 11.8 Å². The summed E-state index contributed by atoms with van der Waals surface area (Å²) in [5, 5.41) is 0. The fourth-order valence-electron chi connectivity index (χ4n) is 7.15. The summed E-state index contributed by atoms with van der Waals surface area (Å²) in [6, 6.07) is 44.4. The molecule has 57 heavy (non-hydrogen) atoms. The van der Waals surface area contributed by atoms with Crippen molar-refractivity contribution in [3.8, 4) is 78.4 Å². The lowest BCUT2D eigenvalue weighted by atomic mass is 9.90. The second kappa shape index (κ2) is 16.1. The van der Waals surface area contributed by atoms with Gasteiger partial charge in [0.2, 0.25) is 0 Å². The van der Waals surface area contributed by atoms with Crippen LogP contribution < -0.4 is 0 Å². The molecule has 1 unspecified atom stereocenters. The van der Waals surface area contributed by atoms with Crippen molar-refractivity contribution in [1.29, 1.82) is 0 Å². The Kier molecular flexibility index (Phi) is 9.93. The second-order valence-electron chi connectivity index (χ2n) is 14.1. The molecule has 0 radical (unpaired) electrons. The minimum Gasteiger partial charge on any atom is -0.268 e. The zero-order valence-corrected chi connectivity index (χ0v) is 31.3. The van der Waals surface area contributed by atoms with Crippen molar-refractivity contribution in [3.05, 3.63) is 189 Å². The van der Waals surface area contributed by atoms with E-state index in [0.29, 0.717) is 11.7 Å². The zero-order chi connectivity index (χ0) is 38.4. The first-order valence-electron chi connectivity index (χ1n) is 19.0. The molecule has 0 saturated heterocycles. The Morgan fingerprint density at radius 3 is 1.56 bits per heavy atom. The molecule has 5 aromatic carbocycles. The van der Waals surface area contributed by atoms with E-state index in [-0.39, 0.29) is 0 Å². The molecule has 0 N–H and O–H groups in total. The monoisotopic (exact) mass is 735 g/mol. The Bertz CT molecular complexity index is 2780. The van der Waals surface area contributed by atoms with Gasteiger partial charge < -0.3 is 0 Å². The molecule has 0 saturated carbocycles. The van der Waals surface area contributed by atoms with Crippen LogP contribution in [-0.2, 0) is 0 Å². The van der Waals surface area contributed by atoms with E-state index in [4.69, 9.17) is 9.97 Å². The van der Waals surface area contributed by atoms with Crippen LogP contribution in [0.15, 0.2) is 188 Å². The Morgan fingerprint density at radius 1 is 0.456 bits per heavy atom. The van der Waals surface area contributed by atoms with Crippen LogP contribution in [-0.4, -0.2) is 36.1 Å². The molecule has 1 aliphatic rings. The van der Waals surface area contributed by atoms with E-state index < -0.39 is 0 Å². The third kappa shape index (κ3) is 7.72. The van der Waals surface area contributed by atoms with Crippen molar-refractivity contribution < 1.29 is 0 Å². The van der Waals surface area contributed by atoms with E-state index >= 15 is 0 Å². The molecule has 0 aliphatic carbocycles. The van der Waals surface area contributed by atoms with Crippen LogP contribution in [0.25, 0.3) is 84.0 Å². The third-order valence-electron chi connectivity index (χ3n) is 10.0. The van der Waals surface area contributed by atoms with Crippen LogP contribution in [0, 0.1) is 5.92 Å². The van der Waals surface area contributed by atoms with Gasteiger partial charge in [-0.1, -0.05) is 122 Å². The van der Waals surface area contributed by atoms with Gasteiger partial charge in [-0.05, 0) is 75.6 Å². The molecule has 4 heterocycles. The van der Waals surface area contributed by atoms with Crippen LogP contribution in [0.1, 0.15) is 18.9 Å². The van der Waals surface area contributed by atoms with E-state index in [1.54, 1.807) is 12.7 Å². The summed E-state index contributed by atoms with van der Waals surface area (Å²) in [6.07, 6.45) is 19.7. The number of aromatic nitrogens is 6. The first-order chi connectivity index (χ1) is 28.2. The Labute approximate surface area is 332 Å². The summed E-state index contributed by atoms with van der Waals surface area (Å²) in [5.74, 6) is 0.988. The van der Waals surface area contributed by atoms with Crippen molar-refractivity contribution in [2.75, 3.05) is 0 Å². The molecule has 1 atom stereocenters. The maximum absolute atomic E-state index is 5.49. The molecule has 1 aliphatic heterocycles. The van der Waals surface area contributed by atoms with Gasteiger partial charge in [-0.15, -0.1) is 0 Å². The summed E-state index contributed by atoms with van der Waals surface area (Å²) >= 11 is 0. The van der Waals surface area contributed by atoms with Crippen molar-refractivity contribution in [2.45, 2.75) is 13.3 Å². The van der Waals surface area contributed by atoms with Crippen molar-refractivity contribution in [2.24, 2.45) is 10.9 Å². The van der Waals surface area contributed by atoms with E-state index in [1.165, 1.54) is 0 Å². The molecule has 7 nitrogen and oxygen atoms in total. The number of rotatable bonds is 8. The number of nitrogens with zero attached hydrogens (tertiary/aromatic N) is 7. The second-order valence-corrected chi connectivity index (χ2v) is 14.1. The molecule has 0 amide bonds. The molecule has 3 aromatic heterocycles. The highest BCUT2D eigenvalue weighted by Gasteiger charge is 2.22. The Hall–Kier alpha value is -7.51. The topological polar surface area (TPSA) is 89.7 Å². The predicted molar refractivity (Wildman–Crippen MR) is 231 cm³/mol. The largest absolute Gasteiger partial charge is 0.268 e. The maximum atomic E-state index is 5.49. The summed E-state index contributed by atoms with van der Waals surface area (Å²) in [7, 11) is 0. The number of aliphatic imine (C=N–C) groups is 1.